The monoisotopic (exact) mass is 427 g/mol. The van der Waals surface area contributed by atoms with E-state index in [1.165, 1.54) is 23.9 Å². The van der Waals surface area contributed by atoms with E-state index in [1.54, 1.807) is 42.5 Å². The van der Waals surface area contributed by atoms with Crippen molar-refractivity contribution in [3.05, 3.63) is 71.3 Å². The average molecular weight is 427 g/mol. The molecule has 1 aliphatic rings. The van der Waals surface area contributed by atoms with Gasteiger partial charge in [-0.25, -0.2) is 14.6 Å². The van der Waals surface area contributed by atoms with E-state index in [0.29, 0.717) is 11.3 Å². The lowest BCUT2D eigenvalue weighted by atomic mass is 10.1. The number of carbonyl (C=O) groups excluding carboxylic acids is 3. The number of imide groups is 1. The van der Waals surface area contributed by atoms with Gasteiger partial charge in [-0.15, -0.1) is 0 Å². The molecule has 4 amide bonds. The highest BCUT2D eigenvalue weighted by Crippen LogP contribution is 2.25. The van der Waals surface area contributed by atoms with Crippen LogP contribution in [0.3, 0.4) is 0 Å². The van der Waals surface area contributed by atoms with Gasteiger partial charge in [0.25, 0.3) is 11.8 Å². The second kappa shape index (κ2) is 9.45. The lowest BCUT2D eigenvalue weighted by molar-refractivity contribution is -0.139. The SMILES string of the molecule is CSCCC(NC(=O)N(Cc1ccccc1)N1C(=O)c2ccccc2C1=O)C(=O)O. The van der Waals surface area contributed by atoms with E-state index in [4.69, 9.17) is 0 Å². The van der Waals surface area contributed by atoms with Crippen molar-refractivity contribution in [2.75, 3.05) is 12.0 Å². The molecule has 0 aromatic heterocycles. The maximum Gasteiger partial charge on any atom is 0.337 e. The number of hydrogen-bond donors (Lipinski definition) is 2. The topological polar surface area (TPSA) is 107 Å². The summed E-state index contributed by atoms with van der Waals surface area (Å²) in [4.78, 5) is 50.4. The number of nitrogens with zero attached hydrogens (tertiary/aromatic N) is 2. The number of amides is 4. The maximum atomic E-state index is 13.1. The third kappa shape index (κ3) is 4.46. The fraction of sp³-hybridized carbons (Fsp3) is 0.238. The number of hydrogen-bond acceptors (Lipinski definition) is 5. The molecule has 30 heavy (non-hydrogen) atoms. The van der Waals surface area contributed by atoms with Crippen LogP contribution in [-0.2, 0) is 11.3 Å². The summed E-state index contributed by atoms with van der Waals surface area (Å²) in [5.41, 5.74) is 1.08. The number of aliphatic carboxylic acids is 1. The normalized spacial score (nSPS) is 13.7. The number of urea groups is 1. The summed E-state index contributed by atoms with van der Waals surface area (Å²) in [5, 5.41) is 13.6. The Hall–Kier alpha value is -3.33. The predicted octanol–water partition coefficient (Wildman–Crippen LogP) is 2.62. The van der Waals surface area contributed by atoms with Crippen LogP contribution in [0.2, 0.25) is 0 Å². The lowest BCUT2D eigenvalue weighted by Gasteiger charge is -2.31. The Bertz CT molecular complexity index is 931. The molecule has 0 radical (unpaired) electrons. The van der Waals surface area contributed by atoms with E-state index in [1.807, 2.05) is 6.26 Å². The summed E-state index contributed by atoms with van der Waals surface area (Å²) >= 11 is 1.46. The van der Waals surface area contributed by atoms with Crippen molar-refractivity contribution in [2.24, 2.45) is 0 Å². The molecule has 0 spiro atoms. The zero-order valence-electron chi connectivity index (χ0n) is 16.3. The van der Waals surface area contributed by atoms with Crippen LogP contribution in [0.5, 0.6) is 0 Å². The van der Waals surface area contributed by atoms with Gasteiger partial charge in [0.1, 0.15) is 6.04 Å². The minimum absolute atomic E-state index is 0.0764. The fourth-order valence-electron chi connectivity index (χ4n) is 3.10. The Labute approximate surface area is 177 Å². The highest BCUT2D eigenvalue weighted by Gasteiger charge is 2.41. The fourth-order valence-corrected chi connectivity index (χ4v) is 3.57. The van der Waals surface area contributed by atoms with E-state index in [-0.39, 0.29) is 24.1 Å². The standard InChI is InChI=1S/C21H21N3O5S/c1-30-12-11-17(20(27)28)22-21(29)23(13-14-7-3-2-4-8-14)24-18(25)15-9-5-6-10-16(15)19(24)26/h2-10,17H,11-13H2,1H3,(H,22,29)(H,27,28). The first-order chi connectivity index (χ1) is 14.4. The number of carboxylic acids is 1. The number of carbonyl (C=O) groups is 4. The molecule has 0 saturated carbocycles. The molecule has 8 nitrogen and oxygen atoms in total. The van der Waals surface area contributed by atoms with E-state index in [0.717, 1.165) is 10.0 Å². The Kier molecular flexibility index (Phi) is 6.73. The van der Waals surface area contributed by atoms with Crippen molar-refractivity contribution >= 4 is 35.6 Å². The molecule has 3 rings (SSSR count). The molecule has 0 aliphatic carbocycles. The zero-order valence-corrected chi connectivity index (χ0v) is 17.1. The van der Waals surface area contributed by atoms with Gasteiger partial charge < -0.3 is 10.4 Å². The van der Waals surface area contributed by atoms with Crippen molar-refractivity contribution in [1.29, 1.82) is 0 Å². The van der Waals surface area contributed by atoms with Crippen molar-refractivity contribution in [3.8, 4) is 0 Å². The third-order valence-corrected chi connectivity index (χ3v) is 5.27. The number of benzene rings is 2. The van der Waals surface area contributed by atoms with Gasteiger partial charge in [-0.05, 0) is 36.1 Å². The molecule has 0 bridgehead atoms. The van der Waals surface area contributed by atoms with Crippen LogP contribution < -0.4 is 5.32 Å². The van der Waals surface area contributed by atoms with Crippen LogP contribution in [0.15, 0.2) is 54.6 Å². The molecule has 9 heteroatoms. The molecule has 2 aromatic carbocycles. The van der Waals surface area contributed by atoms with Crippen LogP contribution in [0.25, 0.3) is 0 Å². The summed E-state index contributed by atoms with van der Waals surface area (Å²) in [6.07, 6.45) is 2.05. The van der Waals surface area contributed by atoms with E-state index in [9.17, 15) is 24.3 Å². The van der Waals surface area contributed by atoms with Crippen molar-refractivity contribution in [2.45, 2.75) is 19.0 Å². The van der Waals surface area contributed by atoms with Crippen molar-refractivity contribution in [1.82, 2.24) is 15.3 Å². The second-order valence-corrected chi connectivity index (χ2v) is 7.62. The molecule has 156 valence electrons. The van der Waals surface area contributed by atoms with Gasteiger partial charge in [-0.2, -0.15) is 16.8 Å². The predicted molar refractivity (Wildman–Crippen MR) is 112 cm³/mol. The van der Waals surface area contributed by atoms with Gasteiger partial charge in [0.05, 0.1) is 17.7 Å². The minimum atomic E-state index is -1.18. The molecule has 1 aliphatic heterocycles. The van der Waals surface area contributed by atoms with E-state index < -0.39 is 29.9 Å². The van der Waals surface area contributed by atoms with Gasteiger partial charge in [0, 0.05) is 0 Å². The molecule has 1 heterocycles. The summed E-state index contributed by atoms with van der Waals surface area (Å²) in [6, 6.07) is 13.2. The molecule has 1 unspecified atom stereocenters. The Morgan fingerprint density at radius 1 is 1.03 bits per heavy atom. The first-order valence-electron chi connectivity index (χ1n) is 9.25. The lowest BCUT2D eigenvalue weighted by Crippen LogP contribution is -2.55. The number of carboxylic acid groups (broad SMARTS) is 1. The zero-order chi connectivity index (χ0) is 21.7. The van der Waals surface area contributed by atoms with Gasteiger partial charge in [-0.1, -0.05) is 42.5 Å². The first kappa shape index (κ1) is 21.4. The number of nitrogens with one attached hydrogen (secondary N) is 1. The number of fused-ring (bicyclic) bond motifs is 1. The second-order valence-electron chi connectivity index (χ2n) is 6.63. The quantitative estimate of drug-likeness (QED) is 0.627. The highest BCUT2D eigenvalue weighted by molar-refractivity contribution is 7.98. The average Bonchev–Trinajstić information content (AvgIpc) is 3.00. The molecular weight excluding hydrogens is 406 g/mol. The van der Waals surface area contributed by atoms with Crippen LogP contribution in [-0.4, -0.2) is 57.0 Å². The Morgan fingerprint density at radius 2 is 1.60 bits per heavy atom. The molecule has 0 saturated heterocycles. The summed E-state index contributed by atoms with van der Waals surface area (Å²) in [6.45, 7) is -0.0764. The Balaban J connectivity index is 1.91. The smallest absolute Gasteiger partial charge is 0.337 e. The van der Waals surface area contributed by atoms with Crippen LogP contribution in [0.1, 0.15) is 32.7 Å². The van der Waals surface area contributed by atoms with Gasteiger partial charge >= 0.3 is 12.0 Å². The summed E-state index contributed by atoms with van der Waals surface area (Å²) < 4.78 is 0. The van der Waals surface area contributed by atoms with E-state index in [2.05, 4.69) is 5.32 Å². The summed E-state index contributed by atoms with van der Waals surface area (Å²) in [7, 11) is 0. The Morgan fingerprint density at radius 3 is 2.13 bits per heavy atom. The third-order valence-electron chi connectivity index (χ3n) is 4.63. The molecular formula is C21H21N3O5S. The summed E-state index contributed by atoms with van der Waals surface area (Å²) in [5.74, 6) is -1.90. The van der Waals surface area contributed by atoms with Gasteiger partial charge in [0.2, 0.25) is 0 Å². The maximum absolute atomic E-state index is 13.1. The first-order valence-corrected chi connectivity index (χ1v) is 10.6. The minimum Gasteiger partial charge on any atom is -0.480 e. The molecule has 2 aromatic rings. The molecule has 1 atom stereocenters. The van der Waals surface area contributed by atoms with Crippen LogP contribution in [0, 0.1) is 0 Å². The number of rotatable bonds is 8. The van der Waals surface area contributed by atoms with Crippen molar-refractivity contribution < 1.29 is 24.3 Å². The van der Waals surface area contributed by atoms with Gasteiger partial charge in [0.15, 0.2) is 0 Å². The molecule has 0 fully saturated rings. The largest absolute Gasteiger partial charge is 0.480 e. The highest BCUT2D eigenvalue weighted by atomic mass is 32.2. The van der Waals surface area contributed by atoms with Crippen LogP contribution in [0.4, 0.5) is 4.79 Å². The number of hydrazine groups is 1. The van der Waals surface area contributed by atoms with E-state index >= 15 is 0 Å². The van der Waals surface area contributed by atoms with Crippen molar-refractivity contribution in [3.63, 3.8) is 0 Å². The van der Waals surface area contributed by atoms with Gasteiger partial charge in [-0.3, -0.25) is 9.59 Å². The number of thioether (sulfide) groups is 1. The van der Waals surface area contributed by atoms with Crippen LogP contribution >= 0.6 is 11.8 Å². The molecule has 2 N–H and O–H groups in total.